The quantitative estimate of drug-likeness (QED) is 0.454. The fourth-order valence-electron chi connectivity index (χ4n) is 1.64. The van der Waals surface area contributed by atoms with Crippen LogP contribution in [0.25, 0.3) is 0 Å². The van der Waals surface area contributed by atoms with E-state index in [0.717, 1.165) is 10.6 Å². The van der Waals surface area contributed by atoms with Gasteiger partial charge in [0.25, 0.3) is 0 Å². The molecule has 0 unspecified atom stereocenters. The van der Waals surface area contributed by atoms with Crippen LogP contribution in [0.4, 0.5) is 0 Å². The Bertz CT molecular complexity index is 403. The number of allylic oxidation sites excluding steroid dienone is 2. The summed E-state index contributed by atoms with van der Waals surface area (Å²) in [6.07, 6.45) is 8.10. The molecular formula is C14H13Cl. The third-order valence-corrected chi connectivity index (χ3v) is 2.75. The van der Waals surface area contributed by atoms with Gasteiger partial charge in [-0.15, -0.1) is 0 Å². The first-order valence-electron chi connectivity index (χ1n) is 5.28. The molecule has 76 valence electrons. The molecule has 0 fully saturated rings. The smallest absolute Gasteiger partial charge is 0.0406 e. The second-order valence-electron chi connectivity index (χ2n) is 3.74. The fraction of sp³-hybridized carbons (Fsp3) is 0.286. The molecule has 0 aromatic heterocycles. The van der Waals surface area contributed by atoms with Gasteiger partial charge in [-0.05, 0) is 43.5 Å². The van der Waals surface area contributed by atoms with Crippen LogP contribution in [-0.2, 0) is 0 Å². The summed E-state index contributed by atoms with van der Waals surface area (Å²) in [5.74, 6) is 6.90. The first-order valence-corrected chi connectivity index (χ1v) is 5.66. The molecule has 2 rings (SSSR count). The number of halogens is 1. The maximum atomic E-state index is 5.80. The molecule has 0 N–H and O–H groups in total. The van der Waals surface area contributed by atoms with Crippen LogP contribution >= 0.6 is 11.6 Å². The van der Waals surface area contributed by atoms with Crippen molar-refractivity contribution in [1.29, 1.82) is 0 Å². The van der Waals surface area contributed by atoms with Gasteiger partial charge in [0.2, 0.25) is 0 Å². The fourth-order valence-corrected chi connectivity index (χ4v) is 1.77. The molecule has 1 aromatic rings. The highest BCUT2D eigenvalue weighted by Crippen LogP contribution is 2.16. The lowest BCUT2D eigenvalue weighted by atomic mass is 9.96. The standard InChI is InChI=1S/C14H13Cl/c15-14-10-8-13(9-11-14)7-6-12-4-2-1-3-5-12/h2,4,8-12H,1,3,5H2/t12-/m1/s1. The van der Waals surface area contributed by atoms with E-state index in [1.807, 2.05) is 24.3 Å². The van der Waals surface area contributed by atoms with E-state index in [-0.39, 0.29) is 0 Å². The number of hydrogen-bond acceptors (Lipinski definition) is 0. The summed E-state index contributed by atoms with van der Waals surface area (Å²) in [6.45, 7) is 0. The van der Waals surface area contributed by atoms with Crippen LogP contribution in [0.3, 0.4) is 0 Å². The highest BCUT2D eigenvalue weighted by Gasteiger charge is 2.03. The van der Waals surface area contributed by atoms with Crippen LogP contribution in [-0.4, -0.2) is 0 Å². The van der Waals surface area contributed by atoms with Gasteiger partial charge in [0.05, 0.1) is 0 Å². The van der Waals surface area contributed by atoms with Crippen LogP contribution in [0.1, 0.15) is 24.8 Å². The molecule has 0 spiro atoms. The van der Waals surface area contributed by atoms with Crippen LogP contribution < -0.4 is 0 Å². The van der Waals surface area contributed by atoms with Crippen molar-refractivity contribution in [3.05, 3.63) is 47.0 Å². The highest BCUT2D eigenvalue weighted by atomic mass is 35.5. The van der Waals surface area contributed by atoms with Crippen molar-refractivity contribution in [3.8, 4) is 11.8 Å². The zero-order valence-electron chi connectivity index (χ0n) is 8.54. The van der Waals surface area contributed by atoms with E-state index >= 15 is 0 Å². The molecule has 0 heterocycles. The monoisotopic (exact) mass is 216 g/mol. The number of hydrogen-bond donors (Lipinski definition) is 0. The molecule has 0 radical (unpaired) electrons. The molecular weight excluding hydrogens is 204 g/mol. The molecule has 0 nitrogen and oxygen atoms in total. The maximum Gasteiger partial charge on any atom is 0.0406 e. The molecule has 1 heteroatoms. The zero-order chi connectivity index (χ0) is 10.5. The van der Waals surface area contributed by atoms with Gasteiger partial charge in [0.1, 0.15) is 0 Å². The topological polar surface area (TPSA) is 0 Å². The molecule has 0 amide bonds. The third-order valence-electron chi connectivity index (χ3n) is 2.50. The third kappa shape index (κ3) is 3.15. The first-order chi connectivity index (χ1) is 7.34. The Morgan fingerprint density at radius 3 is 2.67 bits per heavy atom. The molecule has 15 heavy (non-hydrogen) atoms. The SMILES string of the molecule is Clc1ccc(C#C[C@@H]2C=CCCC2)cc1. The van der Waals surface area contributed by atoms with Crippen molar-refractivity contribution >= 4 is 11.6 Å². The Morgan fingerprint density at radius 2 is 2.00 bits per heavy atom. The van der Waals surface area contributed by atoms with Crippen molar-refractivity contribution in [1.82, 2.24) is 0 Å². The summed E-state index contributed by atoms with van der Waals surface area (Å²) in [7, 11) is 0. The highest BCUT2D eigenvalue weighted by molar-refractivity contribution is 6.30. The van der Waals surface area contributed by atoms with Crippen LogP contribution in [0.5, 0.6) is 0 Å². The Balaban J connectivity index is 2.07. The van der Waals surface area contributed by atoms with Gasteiger partial charge in [-0.25, -0.2) is 0 Å². The summed E-state index contributed by atoms with van der Waals surface area (Å²) in [6, 6.07) is 7.67. The van der Waals surface area contributed by atoms with Crippen LogP contribution in [0, 0.1) is 17.8 Å². The molecule has 0 bridgehead atoms. The predicted octanol–water partition coefficient (Wildman–Crippen LogP) is 4.05. The van der Waals surface area contributed by atoms with Gasteiger partial charge in [-0.1, -0.05) is 35.6 Å². The average molecular weight is 217 g/mol. The average Bonchev–Trinajstić information content (AvgIpc) is 2.30. The molecule has 0 saturated heterocycles. The van der Waals surface area contributed by atoms with Gasteiger partial charge in [-0.2, -0.15) is 0 Å². The lowest BCUT2D eigenvalue weighted by Crippen LogP contribution is -1.96. The summed E-state index contributed by atoms with van der Waals surface area (Å²) in [5.41, 5.74) is 1.04. The van der Waals surface area contributed by atoms with E-state index in [1.54, 1.807) is 0 Å². The van der Waals surface area contributed by atoms with Crippen molar-refractivity contribution in [2.45, 2.75) is 19.3 Å². The van der Waals surface area contributed by atoms with Crippen molar-refractivity contribution in [2.75, 3.05) is 0 Å². The Hall–Kier alpha value is -1.19. The predicted molar refractivity (Wildman–Crippen MR) is 64.8 cm³/mol. The summed E-state index contributed by atoms with van der Waals surface area (Å²) in [5, 5.41) is 0.762. The summed E-state index contributed by atoms with van der Waals surface area (Å²) < 4.78 is 0. The van der Waals surface area contributed by atoms with Gasteiger partial charge >= 0.3 is 0 Å². The molecule has 0 saturated carbocycles. The van der Waals surface area contributed by atoms with Gasteiger partial charge in [0, 0.05) is 16.5 Å². The van der Waals surface area contributed by atoms with E-state index < -0.39 is 0 Å². The van der Waals surface area contributed by atoms with Crippen LogP contribution in [0.2, 0.25) is 5.02 Å². The van der Waals surface area contributed by atoms with E-state index in [1.165, 1.54) is 19.3 Å². The van der Waals surface area contributed by atoms with Crippen LogP contribution in [0.15, 0.2) is 36.4 Å². The Morgan fingerprint density at radius 1 is 1.20 bits per heavy atom. The first kappa shape index (κ1) is 10.3. The van der Waals surface area contributed by atoms with Gasteiger partial charge < -0.3 is 0 Å². The largest absolute Gasteiger partial charge is 0.0903 e. The summed E-state index contributed by atoms with van der Waals surface area (Å²) >= 11 is 5.80. The van der Waals surface area contributed by atoms with E-state index in [4.69, 9.17) is 11.6 Å². The van der Waals surface area contributed by atoms with E-state index in [0.29, 0.717) is 5.92 Å². The van der Waals surface area contributed by atoms with Crippen molar-refractivity contribution < 1.29 is 0 Å². The minimum Gasteiger partial charge on any atom is -0.0903 e. The molecule has 1 aliphatic carbocycles. The zero-order valence-corrected chi connectivity index (χ0v) is 9.30. The molecule has 1 aliphatic rings. The second-order valence-corrected chi connectivity index (χ2v) is 4.18. The lowest BCUT2D eigenvalue weighted by molar-refractivity contribution is 0.645. The van der Waals surface area contributed by atoms with Gasteiger partial charge in [-0.3, -0.25) is 0 Å². The lowest BCUT2D eigenvalue weighted by Gasteiger charge is -2.08. The molecule has 1 atom stereocenters. The summed E-state index contributed by atoms with van der Waals surface area (Å²) in [4.78, 5) is 0. The van der Waals surface area contributed by atoms with Gasteiger partial charge in [0.15, 0.2) is 0 Å². The number of benzene rings is 1. The molecule has 1 aromatic carbocycles. The minimum atomic E-state index is 0.439. The van der Waals surface area contributed by atoms with E-state index in [9.17, 15) is 0 Å². The Labute approximate surface area is 96.0 Å². The maximum absolute atomic E-state index is 5.80. The molecule has 0 aliphatic heterocycles. The minimum absolute atomic E-state index is 0.439. The number of rotatable bonds is 0. The van der Waals surface area contributed by atoms with Crippen molar-refractivity contribution in [2.24, 2.45) is 5.92 Å². The Kier molecular flexibility index (Phi) is 3.48. The van der Waals surface area contributed by atoms with E-state index in [2.05, 4.69) is 24.0 Å². The second kappa shape index (κ2) is 5.05. The normalized spacial score (nSPS) is 19.4. The van der Waals surface area contributed by atoms with Crippen molar-refractivity contribution in [3.63, 3.8) is 0 Å².